The summed E-state index contributed by atoms with van der Waals surface area (Å²) in [6.07, 6.45) is 2.41. The van der Waals surface area contributed by atoms with Crippen molar-refractivity contribution in [3.63, 3.8) is 0 Å². The summed E-state index contributed by atoms with van der Waals surface area (Å²) in [6.45, 7) is 4.62. The van der Waals surface area contributed by atoms with Crippen LogP contribution in [0, 0.1) is 8.99 Å². The molecule has 0 radical (unpaired) electrons. The number of halogens is 1. The molecule has 1 fully saturated rings. The minimum atomic E-state index is 0.478. The van der Waals surface area contributed by atoms with Crippen molar-refractivity contribution in [3.05, 3.63) is 21.8 Å². The third kappa shape index (κ3) is 1.63. The molecule has 1 saturated carbocycles. The van der Waals surface area contributed by atoms with Crippen LogP contribution in [0.15, 0.2) is 18.2 Å². The molecule has 1 aliphatic carbocycles. The van der Waals surface area contributed by atoms with Gasteiger partial charge in [0.25, 0.3) is 0 Å². The summed E-state index contributed by atoms with van der Waals surface area (Å²) in [4.78, 5) is 0. The van der Waals surface area contributed by atoms with Gasteiger partial charge < -0.3 is 0 Å². The first-order valence-corrected chi connectivity index (χ1v) is 6.63. The van der Waals surface area contributed by atoms with Crippen molar-refractivity contribution in [3.8, 4) is 0 Å². The number of fused-ring (bicyclic) bond motifs is 1. The van der Waals surface area contributed by atoms with Crippen LogP contribution in [0.5, 0.6) is 0 Å². The molecule has 0 saturated heterocycles. The molecular weight excluding hydrogens is 313 g/mol. The highest BCUT2D eigenvalue weighted by atomic mass is 127. The summed E-state index contributed by atoms with van der Waals surface area (Å²) in [7, 11) is 0. The summed E-state index contributed by atoms with van der Waals surface area (Å²) in [5, 5.41) is 8.53. The van der Waals surface area contributed by atoms with E-state index < -0.39 is 0 Å². The van der Waals surface area contributed by atoms with Gasteiger partial charge in [0.05, 0.1) is 11.6 Å². The van der Waals surface area contributed by atoms with Crippen molar-refractivity contribution in [1.29, 1.82) is 0 Å². The maximum Gasteiger partial charge on any atom is 0.114 e. The standard InChI is InChI=1S/C12H14IN3/c1-12(2)6-9(7-12)16-11-4-3-8(13)5-10(11)14-15-16/h3-5,9H,6-7H2,1-2H3. The zero-order valence-corrected chi connectivity index (χ0v) is 11.6. The lowest BCUT2D eigenvalue weighted by Gasteiger charge is -2.42. The van der Waals surface area contributed by atoms with E-state index in [0.29, 0.717) is 11.5 Å². The Morgan fingerprint density at radius 3 is 2.81 bits per heavy atom. The van der Waals surface area contributed by atoms with E-state index >= 15 is 0 Å². The average molecular weight is 327 g/mol. The van der Waals surface area contributed by atoms with Gasteiger partial charge in [0, 0.05) is 3.57 Å². The third-order valence-corrected chi connectivity index (χ3v) is 4.03. The highest BCUT2D eigenvalue weighted by Gasteiger charge is 2.38. The number of rotatable bonds is 1. The molecule has 4 heteroatoms. The minimum absolute atomic E-state index is 0.478. The Labute approximate surface area is 108 Å². The van der Waals surface area contributed by atoms with Crippen molar-refractivity contribution in [2.45, 2.75) is 32.7 Å². The molecule has 0 amide bonds. The van der Waals surface area contributed by atoms with Crippen LogP contribution in [0.1, 0.15) is 32.7 Å². The molecule has 1 aromatic heterocycles. The number of benzene rings is 1. The van der Waals surface area contributed by atoms with Crippen molar-refractivity contribution in [1.82, 2.24) is 15.0 Å². The lowest BCUT2D eigenvalue weighted by Crippen LogP contribution is -2.34. The Bertz CT molecular complexity index is 536. The summed E-state index contributed by atoms with van der Waals surface area (Å²) >= 11 is 2.31. The molecule has 1 heterocycles. The van der Waals surface area contributed by atoms with Gasteiger partial charge in [-0.1, -0.05) is 19.1 Å². The molecule has 3 rings (SSSR count). The zero-order valence-electron chi connectivity index (χ0n) is 9.44. The van der Waals surface area contributed by atoms with Gasteiger partial charge in [0.15, 0.2) is 0 Å². The first-order valence-electron chi connectivity index (χ1n) is 5.56. The van der Waals surface area contributed by atoms with Gasteiger partial charge >= 0.3 is 0 Å². The van der Waals surface area contributed by atoms with Crippen LogP contribution in [0.4, 0.5) is 0 Å². The Balaban J connectivity index is 2.00. The summed E-state index contributed by atoms with van der Waals surface area (Å²) in [5.74, 6) is 0. The van der Waals surface area contributed by atoms with Crippen LogP contribution in [0.2, 0.25) is 0 Å². The lowest BCUT2D eigenvalue weighted by atomic mass is 9.68. The SMILES string of the molecule is CC1(C)CC(n2nnc3cc(I)ccc32)C1. The monoisotopic (exact) mass is 327 g/mol. The molecule has 16 heavy (non-hydrogen) atoms. The predicted octanol–water partition coefficient (Wildman–Crippen LogP) is 3.40. The molecule has 3 nitrogen and oxygen atoms in total. The fourth-order valence-corrected chi connectivity index (χ4v) is 3.05. The first kappa shape index (κ1) is 10.5. The normalized spacial score (nSPS) is 19.9. The largest absolute Gasteiger partial charge is 0.242 e. The van der Waals surface area contributed by atoms with Gasteiger partial charge in [-0.05, 0) is 59.0 Å². The fraction of sp³-hybridized carbons (Fsp3) is 0.500. The Morgan fingerprint density at radius 1 is 1.38 bits per heavy atom. The molecule has 1 aromatic carbocycles. The van der Waals surface area contributed by atoms with Crippen molar-refractivity contribution in [2.24, 2.45) is 5.41 Å². The van der Waals surface area contributed by atoms with E-state index in [-0.39, 0.29) is 0 Å². The summed E-state index contributed by atoms with van der Waals surface area (Å²) < 4.78 is 3.31. The molecule has 0 aliphatic heterocycles. The zero-order chi connectivity index (χ0) is 11.3. The van der Waals surface area contributed by atoms with Gasteiger partial charge in [-0.3, -0.25) is 0 Å². The van der Waals surface area contributed by atoms with E-state index in [1.54, 1.807) is 0 Å². The maximum absolute atomic E-state index is 4.29. The van der Waals surface area contributed by atoms with Crippen LogP contribution >= 0.6 is 22.6 Å². The molecule has 0 atom stereocenters. The molecule has 1 aliphatic rings. The van der Waals surface area contributed by atoms with Crippen LogP contribution < -0.4 is 0 Å². The average Bonchev–Trinajstić information content (AvgIpc) is 2.56. The van der Waals surface area contributed by atoms with Gasteiger partial charge in [-0.25, -0.2) is 4.68 Å². The van der Waals surface area contributed by atoms with Crippen LogP contribution in [-0.4, -0.2) is 15.0 Å². The molecule has 0 bridgehead atoms. The molecule has 2 aromatic rings. The highest BCUT2D eigenvalue weighted by Crippen LogP contribution is 2.47. The Hall–Kier alpha value is -0.650. The van der Waals surface area contributed by atoms with Crippen LogP contribution in [0.25, 0.3) is 11.0 Å². The quantitative estimate of drug-likeness (QED) is 0.752. The Kier molecular flexibility index (Phi) is 2.24. The van der Waals surface area contributed by atoms with Gasteiger partial charge in [-0.2, -0.15) is 0 Å². The first-order chi connectivity index (χ1) is 7.55. The second-order valence-corrected chi connectivity index (χ2v) is 6.64. The van der Waals surface area contributed by atoms with Crippen molar-refractivity contribution in [2.75, 3.05) is 0 Å². The lowest BCUT2D eigenvalue weighted by molar-refractivity contribution is 0.0966. The molecule has 0 N–H and O–H groups in total. The predicted molar refractivity (Wildman–Crippen MR) is 72.3 cm³/mol. The van der Waals surface area contributed by atoms with E-state index in [1.165, 1.54) is 21.9 Å². The highest BCUT2D eigenvalue weighted by molar-refractivity contribution is 14.1. The summed E-state index contributed by atoms with van der Waals surface area (Å²) in [5.41, 5.74) is 2.66. The van der Waals surface area contributed by atoms with Crippen molar-refractivity contribution < 1.29 is 0 Å². The van der Waals surface area contributed by atoms with Crippen LogP contribution in [-0.2, 0) is 0 Å². The minimum Gasteiger partial charge on any atom is -0.242 e. The topological polar surface area (TPSA) is 30.7 Å². The second kappa shape index (κ2) is 3.42. The maximum atomic E-state index is 4.29. The molecule has 0 unspecified atom stereocenters. The molecule has 84 valence electrons. The molecular formula is C12H14IN3. The van der Waals surface area contributed by atoms with Gasteiger partial charge in [0.1, 0.15) is 5.52 Å². The number of aromatic nitrogens is 3. The van der Waals surface area contributed by atoms with E-state index in [0.717, 1.165) is 5.52 Å². The summed E-state index contributed by atoms with van der Waals surface area (Å²) in [6, 6.07) is 6.87. The molecule has 0 spiro atoms. The fourth-order valence-electron chi connectivity index (χ4n) is 2.57. The smallest absolute Gasteiger partial charge is 0.114 e. The number of hydrogen-bond donors (Lipinski definition) is 0. The van der Waals surface area contributed by atoms with E-state index in [9.17, 15) is 0 Å². The van der Waals surface area contributed by atoms with Gasteiger partial charge in [0.2, 0.25) is 0 Å². The number of hydrogen-bond acceptors (Lipinski definition) is 2. The Morgan fingerprint density at radius 2 is 2.12 bits per heavy atom. The van der Waals surface area contributed by atoms with E-state index in [4.69, 9.17) is 0 Å². The van der Waals surface area contributed by atoms with E-state index in [2.05, 4.69) is 69.6 Å². The van der Waals surface area contributed by atoms with Gasteiger partial charge in [-0.15, -0.1) is 5.10 Å². The van der Waals surface area contributed by atoms with E-state index in [1.807, 2.05) is 0 Å². The third-order valence-electron chi connectivity index (χ3n) is 3.36. The second-order valence-electron chi connectivity index (χ2n) is 5.39. The van der Waals surface area contributed by atoms with Crippen molar-refractivity contribution >= 4 is 33.6 Å². The number of nitrogens with zero attached hydrogens (tertiary/aromatic N) is 3. The van der Waals surface area contributed by atoms with Crippen LogP contribution in [0.3, 0.4) is 0 Å².